The number of anilines is 1. The second kappa shape index (κ2) is 9.90. The number of nitrogens with one attached hydrogen (secondary N) is 1. The van der Waals surface area contributed by atoms with Gasteiger partial charge in [0.2, 0.25) is 5.91 Å². The number of benzene rings is 2. The van der Waals surface area contributed by atoms with E-state index in [1.165, 1.54) is 0 Å². The number of hydrogen-bond acceptors (Lipinski definition) is 4. The molecule has 0 bridgehead atoms. The number of rotatable bonds is 7. The van der Waals surface area contributed by atoms with Crippen molar-refractivity contribution in [3.8, 4) is 5.75 Å². The van der Waals surface area contributed by atoms with Crippen LogP contribution in [0.15, 0.2) is 48.5 Å². The summed E-state index contributed by atoms with van der Waals surface area (Å²) in [6.45, 7) is 4.84. The van der Waals surface area contributed by atoms with Crippen molar-refractivity contribution in [1.29, 1.82) is 0 Å². The molecule has 0 radical (unpaired) electrons. The monoisotopic (exact) mass is 382 g/mol. The standard InChI is InChI=1S/C22H26N2O4/c1-2-28-20-9-4-3-6-17(20)10-11-21(25)23-19-8-5-7-18(16-19)22(26)24-12-14-27-15-13-24/h3-9,16H,2,10-15H2,1H3,(H,23,25). The van der Waals surface area contributed by atoms with Crippen LogP contribution >= 0.6 is 0 Å². The van der Waals surface area contributed by atoms with Crippen molar-refractivity contribution in [2.24, 2.45) is 0 Å². The van der Waals surface area contributed by atoms with E-state index in [2.05, 4.69) is 5.32 Å². The summed E-state index contributed by atoms with van der Waals surface area (Å²) in [5.41, 5.74) is 2.21. The van der Waals surface area contributed by atoms with Crippen LogP contribution in [-0.2, 0) is 16.0 Å². The Morgan fingerprint density at radius 2 is 1.89 bits per heavy atom. The van der Waals surface area contributed by atoms with Crippen molar-refractivity contribution >= 4 is 17.5 Å². The fourth-order valence-electron chi connectivity index (χ4n) is 3.16. The fourth-order valence-corrected chi connectivity index (χ4v) is 3.16. The smallest absolute Gasteiger partial charge is 0.254 e. The molecule has 2 amide bonds. The van der Waals surface area contributed by atoms with E-state index in [1.54, 1.807) is 29.2 Å². The van der Waals surface area contributed by atoms with Gasteiger partial charge in [0.25, 0.3) is 5.91 Å². The van der Waals surface area contributed by atoms with Gasteiger partial charge in [-0.05, 0) is 43.2 Å². The Kier molecular flexibility index (Phi) is 7.03. The number of hydrogen-bond donors (Lipinski definition) is 1. The molecule has 1 aliphatic heterocycles. The Labute approximate surface area is 165 Å². The van der Waals surface area contributed by atoms with Crippen molar-refractivity contribution < 1.29 is 19.1 Å². The van der Waals surface area contributed by atoms with Crippen LogP contribution in [0.25, 0.3) is 0 Å². The predicted octanol–water partition coefficient (Wildman–Crippen LogP) is 3.13. The van der Waals surface area contributed by atoms with Crippen molar-refractivity contribution in [2.75, 3.05) is 38.2 Å². The average molecular weight is 382 g/mol. The minimum absolute atomic E-state index is 0.0370. The highest BCUT2D eigenvalue weighted by atomic mass is 16.5. The summed E-state index contributed by atoms with van der Waals surface area (Å²) in [5.74, 6) is 0.684. The molecule has 0 aromatic heterocycles. The first-order chi connectivity index (χ1) is 13.7. The zero-order chi connectivity index (χ0) is 19.8. The van der Waals surface area contributed by atoms with Gasteiger partial charge in [-0.3, -0.25) is 9.59 Å². The summed E-state index contributed by atoms with van der Waals surface area (Å²) in [6, 6.07) is 14.8. The Balaban J connectivity index is 1.58. The third-order valence-corrected chi connectivity index (χ3v) is 4.59. The first-order valence-electron chi connectivity index (χ1n) is 9.65. The van der Waals surface area contributed by atoms with Crippen LogP contribution < -0.4 is 10.1 Å². The average Bonchev–Trinajstić information content (AvgIpc) is 2.73. The maximum atomic E-state index is 12.6. The molecule has 2 aromatic rings. The quantitative estimate of drug-likeness (QED) is 0.799. The number of para-hydroxylation sites is 1. The van der Waals surface area contributed by atoms with Gasteiger partial charge in [-0.1, -0.05) is 24.3 Å². The molecule has 0 saturated carbocycles. The van der Waals surface area contributed by atoms with E-state index < -0.39 is 0 Å². The lowest BCUT2D eigenvalue weighted by molar-refractivity contribution is -0.116. The molecular weight excluding hydrogens is 356 g/mol. The van der Waals surface area contributed by atoms with Gasteiger partial charge in [0.05, 0.1) is 19.8 Å². The molecule has 28 heavy (non-hydrogen) atoms. The molecule has 0 aliphatic carbocycles. The summed E-state index contributed by atoms with van der Waals surface area (Å²) < 4.78 is 10.9. The normalized spacial score (nSPS) is 13.8. The second-order valence-electron chi connectivity index (χ2n) is 6.57. The SMILES string of the molecule is CCOc1ccccc1CCC(=O)Nc1cccc(C(=O)N2CCOCC2)c1. The molecule has 0 atom stereocenters. The first-order valence-corrected chi connectivity index (χ1v) is 9.65. The van der Waals surface area contributed by atoms with E-state index in [0.29, 0.717) is 57.0 Å². The highest BCUT2D eigenvalue weighted by Crippen LogP contribution is 2.20. The molecule has 1 N–H and O–H groups in total. The Morgan fingerprint density at radius 1 is 1.11 bits per heavy atom. The van der Waals surface area contributed by atoms with E-state index in [-0.39, 0.29) is 11.8 Å². The minimum atomic E-state index is -0.0951. The minimum Gasteiger partial charge on any atom is -0.494 e. The van der Waals surface area contributed by atoms with Crippen LogP contribution in [0, 0.1) is 0 Å². The third kappa shape index (κ3) is 5.33. The lowest BCUT2D eigenvalue weighted by atomic mass is 10.1. The second-order valence-corrected chi connectivity index (χ2v) is 6.57. The van der Waals surface area contributed by atoms with Gasteiger partial charge in [0, 0.05) is 30.8 Å². The van der Waals surface area contributed by atoms with Gasteiger partial charge in [0.1, 0.15) is 5.75 Å². The number of aryl methyl sites for hydroxylation is 1. The Bertz CT molecular complexity index is 816. The van der Waals surface area contributed by atoms with Gasteiger partial charge in [0.15, 0.2) is 0 Å². The molecule has 6 heteroatoms. The maximum absolute atomic E-state index is 12.6. The topological polar surface area (TPSA) is 67.9 Å². The van der Waals surface area contributed by atoms with Crippen LogP contribution in [0.2, 0.25) is 0 Å². The lowest BCUT2D eigenvalue weighted by Crippen LogP contribution is -2.40. The first kappa shape index (κ1) is 19.9. The van der Waals surface area contributed by atoms with Crippen LogP contribution in [0.3, 0.4) is 0 Å². The van der Waals surface area contributed by atoms with E-state index >= 15 is 0 Å². The van der Waals surface area contributed by atoms with Crippen LogP contribution in [0.4, 0.5) is 5.69 Å². The molecule has 1 heterocycles. The molecule has 2 aromatic carbocycles. The molecule has 1 aliphatic rings. The number of carbonyl (C=O) groups is 2. The van der Waals surface area contributed by atoms with Crippen molar-refractivity contribution in [3.05, 3.63) is 59.7 Å². The zero-order valence-corrected chi connectivity index (χ0v) is 16.1. The van der Waals surface area contributed by atoms with Gasteiger partial charge < -0.3 is 19.7 Å². The van der Waals surface area contributed by atoms with Crippen molar-refractivity contribution in [2.45, 2.75) is 19.8 Å². The molecule has 148 valence electrons. The molecule has 1 saturated heterocycles. The van der Waals surface area contributed by atoms with Gasteiger partial charge in [-0.15, -0.1) is 0 Å². The van der Waals surface area contributed by atoms with Crippen molar-refractivity contribution in [1.82, 2.24) is 4.90 Å². The van der Waals surface area contributed by atoms with E-state index in [4.69, 9.17) is 9.47 Å². The van der Waals surface area contributed by atoms with E-state index in [9.17, 15) is 9.59 Å². The summed E-state index contributed by atoms with van der Waals surface area (Å²) in [5, 5.41) is 2.89. The number of morpholine rings is 1. The van der Waals surface area contributed by atoms with E-state index in [1.807, 2.05) is 31.2 Å². The third-order valence-electron chi connectivity index (χ3n) is 4.59. The summed E-state index contributed by atoms with van der Waals surface area (Å²) >= 11 is 0. The van der Waals surface area contributed by atoms with Crippen LogP contribution in [-0.4, -0.2) is 49.6 Å². The number of carbonyl (C=O) groups excluding carboxylic acids is 2. The van der Waals surface area contributed by atoms with Crippen LogP contribution in [0.5, 0.6) is 5.75 Å². The lowest BCUT2D eigenvalue weighted by Gasteiger charge is -2.27. The molecule has 0 unspecified atom stereocenters. The number of ether oxygens (including phenoxy) is 2. The Morgan fingerprint density at radius 3 is 2.68 bits per heavy atom. The van der Waals surface area contributed by atoms with E-state index in [0.717, 1.165) is 11.3 Å². The zero-order valence-electron chi connectivity index (χ0n) is 16.1. The number of nitrogens with zero attached hydrogens (tertiary/aromatic N) is 1. The van der Waals surface area contributed by atoms with Gasteiger partial charge in [-0.2, -0.15) is 0 Å². The Hall–Kier alpha value is -2.86. The molecular formula is C22H26N2O4. The maximum Gasteiger partial charge on any atom is 0.254 e. The van der Waals surface area contributed by atoms with Crippen LogP contribution in [0.1, 0.15) is 29.3 Å². The van der Waals surface area contributed by atoms with Crippen molar-refractivity contribution in [3.63, 3.8) is 0 Å². The highest BCUT2D eigenvalue weighted by Gasteiger charge is 2.18. The molecule has 3 rings (SSSR count). The summed E-state index contributed by atoms with van der Waals surface area (Å²) in [7, 11) is 0. The fraction of sp³-hybridized carbons (Fsp3) is 0.364. The molecule has 1 fully saturated rings. The molecule has 0 spiro atoms. The van der Waals surface area contributed by atoms with Gasteiger partial charge in [-0.25, -0.2) is 0 Å². The van der Waals surface area contributed by atoms with Gasteiger partial charge >= 0.3 is 0 Å². The predicted molar refractivity (Wildman–Crippen MR) is 108 cm³/mol. The number of amides is 2. The summed E-state index contributed by atoms with van der Waals surface area (Å²) in [6.07, 6.45) is 0.931. The summed E-state index contributed by atoms with van der Waals surface area (Å²) in [4.78, 5) is 26.7. The molecule has 6 nitrogen and oxygen atoms in total. The largest absolute Gasteiger partial charge is 0.494 e. The highest BCUT2D eigenvalue weighted by molar-refractivity contribution is 5.97.